The number of amides is 2. The molecule has 2 aromatic heterocycles. The first-order valence-electron chi connectivity index (χ1n) is 8.68. The van der Waals surface area contributed by atoms with Gasteiger partial charge < -0.3 is 15.6 Å². The maximum Gasteiger partial charge on any atom is 0.234 e. The van der Waals surface area contributed by atoms with Crippen molar-refractivity contribution in [2.75, 3.05) is 11.1 Å². The summed E-state index contributed by atoms with van der Waals surface area (Å²) < 4.78 is 1.84. The van der Waals surface area contributed by atoms with Gasteiger partial charge in [0.1, 0.15) is 0 Å². The van der Waals surface area contributed by atoms with E-state index < -0.39 is 5.91 Å². The van der Waals surface area contributed by atoms with Gasteiger partial charge in [-0.3, -0.25) is 9.59 Å². The van der Waals surface area contributed by atoms with Crippen LogP contribution in [-0.2, 0) is 16.1 Å². The standard InChI is InChI=1S/C19H21N5O2S2/c1-12-8-13(2)10-14(9-12)21-17(26)11-28-19-23-22-18(15-4-3-7-27-15)24(19)6-5-16(20)25/h3-4,7-10H,5-6,11H2,1-2H3,(H2,20,25)(H,21,26). The monoisotopic (exact) mass is 415 g/mol. The van der Waals surface area contributed by atoms with Crippen LogP contribution in [0.15, 0.2) is 40.9 Å². The van der Waals surface area contributed by atoms with E-state index in [0.29, 0.717) is 17.5 Å². The highest BCUT2D eigenvalue weighted by Crippen LogP contribution is 2.27. The normalized spacial score (nSPS) is 10.8. The molecular weight excluding hydrogens is 394 g/mol. The van der Waals surface area contributed by atoms with Gasteiger partial charge in [0, 0.05) is 18.7 Å². The first-order chi connectivity index (χ1) is 13.4. The molecule has 3 rings (SSSR count). The minimum atomic E-state index is -0.394. The third-order valence-electron chi connectivity index (χ3n) is 3.88. The molecule has 0 spiro atoms. The van der Waals surface area contributed by atoms with Gasteiger partial charge in [-0.1, -0.05) is 23.9 Å². The van der Waals surface area contributed by atoms with Gasteiger partial charge >= 0.3 is 0 Å². The van der Waals surface area contributed by atoms with Crippen LogP contribution in [0.1, 0.15) is 17.5 Å². The molecule has 9 heteroatoms. The second kappa shape index (κ2) is 9.03. The molecule has 0 aliphatic carbocycles. The average molecular weight is 416 g/mol. The van der Waals surface area contributed by atoms with Gasteiger partial charge in [-0.25, -0.2) is 0 Å². The molecule has 3 aromatic rings. The third kappa shape index (κ3) is 5.20. The van der Waals surface area contributed by atoms with Crippen molar-refractivity contribution < 1.29 is 9.59 Å². The lowest BCUT2D eigenvalue weighted by Gasteiger charge is -2.09. The van der Waals surface area contributed by atoms with Crippen LogP contribution < -0.4 is 11.1 Å². The number of primary amides is 1. The summed E-state index contributed by atoms with van der Waals surface area (Å²) in [5.41, 5.74) is 8.26. The third-order valence-corrected chi connectivity index (χ3v) is 5.71. The molecule has 2 heterocycles. The maximum atomic E-state index is 12.4. The molecule has 1 aromatic carbocycles. The van der Waals surface area contributed by atoms with Crippen molar-refractivity contribution in [3.63, 3.8) is 0 Å². The molecule has 0 saturated carbocycles. The van der Waals surface area contributed by atoms with Gasteiger partial charge in [0.15, 0.2) is 11.0 Å². The lowest BCUT2D eigenvalue weighted by molar-refractivity contribution is -0.118. The number of aryl methyl sites for hydroxylation is 2. The van der Waals surface area contributed by atoms with Crippen LogP contribution in [0, 0.1) is 13.8 Å². The zero-order chi connectivity index (χ0) is 20.1. The molecule has 0 unspecified atom stereocenters. The number of hydrogen-bond acceptors (Lipinski definition) is 6. The number of nitrogens with one attached hydrogen (secondary N) is 1. The highest BCUT2D eigenvalue weighted by molar-refractivity contribution is 7.99. The second-order valence-corrected chi connectivity index (χ2v) is 8.25. The van der Waals surface area contributed by atoms with E-state index in [1.165, 1.54) is 23.1 Å². The van der Waals surface area contributed by atoms with Crippen LogP contribution in [0.3, 0.4) is 0 Å². The highest BCUT2D eigenvalue weighted by atomic mass is 32.2. The number of thiophene rings is 1. The van der Waals surface area contributed by atoms with Crippen molar-refractivity contribution in [1.29, 1.82) is 0 Å². The second-order valence-electron chi connectivity index (χ2n) is 6.36. The van der Waals surface area contributed by atoms with Gasteiger partial charge in [0.25, 0.3) is 0 Å². The van der Waals surface area contributed by atoms with Crippen LogP contribution in [0.25, 0.3) is 10.7 Å². The van der Waals surface area contributed by atoms with E-state index >= 15 is 0 Å². The highest BCUT2D eigenvalue weighted by Gasteiger charge is 2.17. The molecule has 0 fully saturated rings. The van der Waals surface area contributed by atoms with Crippen molar-refractivity contribution >= 4 is 40.6 Å². The number of carbonyl (C=O) groups is 2. The van der Waals surface area contributed by atoms with Crippen LogP contribution in [-0.4, -0.2) is 32.3 Å². The summed E-state index contributed by atoms with van der Waals surface area (Å²) in [5, 5.41) is 13.9. The molecule has 2 amide bonds. The van der Waals surface area contributed by atoms with Crippen molar-refractivity contribution in [1.82, 2.24) is 14.8 Å². The molecule has 0 aliphatic heterocycles. The number of nitrogens with zero attached hydrogens (tertiary/aromatic N) is 3. The maximum absolute atomic E-state index is 12.4. The molecule has 7 nitrogen and oxygen atoms in total. The zero-order valence-electron chi connectivity index (χ0n) is 15.6. The predicted octanol–water partition coefficient (Wildman–Crippen LogP) is 3.23. The average Bonchev–Trinajstić information content (AvgIpc) is 3.26. The molecule has 3 N–H and O–H groups in total. The predicted molar refractivity (Wildman–Crippen MR) is 112 cm³/mol. The number of benzene rings is 1. The summed E-state index contributed by atoms with van der Waals surface area (Å²) in [7, 11) is 0. The van der Waals surface area contributed by atoms with Gasteiger partial charge in [-0.15, -0.1) is 21.5 Å². The molecular formula is C19H21N5O2S2. The van der Waals surface area contributed by atoms with Crippen molar-refractivity contribution in [3.8, 4) is 10.7 Å². The molecule has 0 saturated heterocycles. The Labute approximate surface area is 171 Å². The number of hydrogen-bond donors (Lipinski definition) is 2. The van der Waals surface area contributed by atoms with Gasteiger partial charge in [0.2, 0.25) is 11.8 Å². The molecule has 28 heavy (non-hydrogen) atoms. The smallest absolute Gasteiger partial charge is 0.234 e. The SMILES string of the molecule is Cc1cc(C)cc(NC(=O)CSc2nnc(-c3cccs3)n2CCC(N)=O)c1. The van der Waals surface area contributed by atoms with Crippen molar-refractivity contribution in [2.24, 2.45) is 5.73 Å². The van der Waals surface area contributed by atoms with Crippen LogP contribution in [0.2, 0.25) is 0 Å². The Morgan fingerprint density at radius 3 is 2.61 bits per heavy atom. The Morgan fingerprint density at radius 1 is 1.21 bits per heavy atom. The first kappa shape index (κ1) is 20.1. The van der Waals surface area contributed by atoms with Gasteiger partial charge in [-0.2, -0.15) is 0 Å². The van der Waals surface area contributed by atoms with E-state index in [0.717, 1.165) is 21.7 Å². The fourth-order valence-electron chi connectivity index (χ4n) is 2.78. The Morgan fingerprint density at radius 2 is 1.96 bits per heavy atom. The fourth-order valence-corrected chi connectivity index (χ4v) is 4.26. The van der Waals surface area contributed by atoms with Crippen molar-refractivity contribution in [3.05, 3.63) is 46.8 Å². The summed E-state index contributed by atoms with van der Waals surface area (Å²) in [5.74, 6) is 0.339. The van der Waals surface area contributed by atoms with Gasteiger partial charge in [-0.05, 0) is 48.6 Å². The molecule has 0 bridgehead atoms. The number of thioether (sulfide) groups is 1. The molecule has 0 radical (unpaired) electrons. The van der Waals surface area contributed by atoms with E-state index in [-0.39, 0.29) is 18.1 Å². The Bertz CT molecular complexity index is 962. The van der Waals surface area contributed by atoms with Gasteiger partial charge in [0.05, 0.1) is 10.6 Å². The van der Waals surface area contributed by atoms with E-state index in [9.17, 15) is 9.59 Å². The molecule has 0 aliphatic rings. The van der Waals surface area contributed by atoms with Crippen molar-refractivity contribution in [2.45, 2.75) is 32.0 Å². The van der Waals surface area contributed by atoms with Crippen LogP contribution in [0.4, 0.5) is 5.69 Å². The Balaban J connectivity index is 1.70. The summed E-state index contributed by atoms with van der Waals surface area (Å²) >= 11 is 2.82. The van der Waals surface area contributed by atoms with E-state index in [1.54, 1.807) is 0 Å². The number of carbonyl (C=O) groups excluding carboxylic acids is 2. The fraction of sp³-hybridized carbons (Fsp3) is 0.263. The van der Waals surface area contributed by atoms with Crippen LogP contribution >= 0.6 is 23.1 Å². The minimum absolute atomic E-state index is 0.128. The minimum Gasteiger partial charge on any atom is -0.370 e. The first-order valence-corrected chi connectivity index (χ1v) is 10.5. The Kier molecular flexibility index (Phi) is 6.48. The largest absolute Gasteiger partial charge is 0.370 e. The lowest BCUT2D eigenvalue weighted by Crippen LogP contribution is -2.16. The quantitative estimate of drug-likeness (QED) is 0.550. The number of aromatic nitrogens is 3. The summed E-state index contributed by atoms with van der Waals surface area (Å²) in [6, 6.07) is 9.78. The lowest BCUT2D eigenvalue weighted by atomic mass is 10.1. The van der Waals surface area contributed by atoms with E-state index in [4.69, 9.17) is 5.73 Å². The number of nitrogens with two attached hydrogens (primary N) is 1. The zero-order valence-corrected chi connectivity index (χ0v) is 17.3. The summed E-state index contributed by atoms with van der Waals surface area (Å²) in [4.78, 5) is 24.5. The number of rotatable bonds is 8. The van der Waals surface area contributed by atoms with Crippen LogP contribution in [0.5, 0.6) is 0 Å². The Hall–Kier alpha value is -2.65. The van der Waals surface area contributed by atoms with E-state index in [1.807, 2.05) is 48.1 Å². The van der Waals surface area contributed by atoms with E-state index in [2.05, 4.69) is 21.6 Å². The molecule has 0 atom stereocenters. The number of anilines is 1. The topological polar surface area (TPSA) is 103 Å². The summed E-state index contributed by atoms with van der Waals surface area (Å²) in [6.45, 7) is 4.35. The molecule has 146 valence electrons. The summed E-state index contributed by atoms with van der Waals surface area (Å²) in [6.07, 6.45) is 0.179.